The SMILES string of the molecule is CN(C)C1CCN(c2ccc(NC(=O)Cn3ccc(-c4ccc(Cl)cc4)n3)cc2)C1. The minimum atomic E-state index is -0.109. The molecule has 156 valence electrons. The van der Waals surface area contributed by atoms with Gasteiger partial charge in [0.15, 0.2) is 0 Å². The molecule has 0 spiro atoms. The molecule has 1 fully saturated rings. The molecule has 7 heteroatoms. The monoisotopic (exact) mass is 423 g/mol. The van der Waals surface area contributed by atoms with E-state index in [1.165, 1.54) is 12.1 Å². The number of carbonyl (C=O) groups excluding carboxylic acids is 1. The molecule has 1 atom stereocenters. The van der Waals surface area contributed by atoms with Crippen molar-refractivity contribution >= 4 is 28.9 Å². The van der Waals surface area contributed by atoms with Crippen LogP contribution in [0.4, 0.5) is 11.4 Å². The fourth-order valence-corrected chi connectivity index (χ4v) is 3.85. The van der Waals surface area contributed by atoms with Gasteiger partial charge in [0.05, 0.1) is 5.69 Å². The van der Waals surface area contributed by atoms with Crippen LogP contribution in [0.15, 0.2) is 60.8 Å². The Morgan fingerprint density at radius 3 is 2.53 bits per heavy atom. The van der Waals surface area contributed by atoms with Crippen molar-refractivity contribution in [2.45, 2.75) is 19.0 Å². The predicted octanol–water partition coefficient (Wildman–Crippen LogP) is 3.98. The van der Waals surface area contributed by atoms with E-state index in [0.717, 1.165) is 30.0 Å². The van der Waals surface area contributed by atoms with Gasteiger partial charge >= 0.3 is 0 Å². The number of nitrogens with zero attached hydrogens (tertiary/aromatic N) is 4. The topological polar surface area (TPSA) is 53.4 Å². The first-order valence-electron chi connectivity index (χ1n) is 10.1. The standard InChI is InChI=1S/C23H26ClN5O/c1-27(2)21-11-13-28(15-21)20-9-7-19(8-10-20)25-23(30)16-29-14-12-22(26-29)17-3-5-18(24)6-4-17/h3-10,12,14,21H,11,13,15-16H2,1-2H3,(H,25,30). The molecule has 0 aliphatic carbocycles. The first-order chi connectivity index (χ1) is 14.5. The highest BCUT2D eigenvalue weighted by atomic mass is 35.5. The molecular weight excluding hydrogens is 398 g/mol. The Morgan fingerprint density at radius 2 is 1.87 bits per heavy atom. The van der Waals surface area contributed by atoms with Crippen LogP contribution in [-0.4, -0.2) is 53.8 Å². The molecule has 1 N–H and O–H groups in total. The van der Waals surface area contributed by atoms with E-state index < -0.39 is 0 Å². The highest BCUT2D eigenvalue weighted by Crippen LogP contribution is 2.24. The van der Waals surface area contributed by atoms with Gasteiger partial charge in [-0.25, -0.2) is 0 Å². The van der Waals surface area contributed by atoms with Crippen molar-refractivity contribution < 1.29 is 4.79 Å². The Bertz CT molecular complexity index is 997. The number of rotatable bonds is 6. The number of hydrogen-bond acceptors (Lipinski definition) is 4. The number of amides is 1. The predicted molar refractivity (Wildman–Crippen MR) is 122 cm³/mol. The average molecular weight is 424 g/mol. The van der Waals surface area contributed by atoms with Crippen molar-refractivity contribution in [1.82, 2.24) is 14.7 Å². The molecular formula is C23H26ClN5O. The molecule has 1 amide bonds. The van der Waals surface area contributed by atoms with Crippen molar-refractivity contribution in [2.24, 2.45) is 0 Å². The zero-order chi connectivity index (χ0) is 21.1. The second-order valence-corrected chi connectivity index (χ2v) is 8.29. The molecule has 1 aliphatic rings. The Kier molecular flexibility index (Phi) is 6.06. The van der Waals surface area contributed by atoms with Gasteiger partial charge in [-0.05, 0) is 63.0 Å². The number of carbonyl (C=O) groups is 1. The summed E-state index contributed by atoms with van der Waals surface area (Å²) in [6.07, 6.45) is 2.98. The second kappa shape index (κ2) is 8.90. The first-order valence-corrected chi connectivity index (χ1v) is 10.5. The van der Waals surface area contributed by atoms with Gasteiger partial charge in [0.1, 0.15) is 6.54 Å². The molecule has 0 radical (unpaired) electrons. The number of anilines is 2. The van der Waals surface area contributed by atoms with E-state index in [1.807, 2.05) is 42.5 Å². The smallest absolute Gasteiger partial charge is 0.246 e. The molecule has 2 heterocycles. The van der Waals surface area contributed by atoms with Crippen LogP contribution in [0.2, 0.25) is 5.02 Å². The van der Waals surface area contributed by atoms with Crippen molar-refractivity contribution in [1.29, 1.82) is 0 Å². The van der Waals surface area contributed by atoms with Gasteiger partial charge in [0.2, 0.25) is 5.91 Å². The van der Waals surface area contributed by atoms with E-state index in [0.29, 0.717) is 11.1 Å². The van der Waals surface area contributed by atoms with Gasteiger partial charge in [-0.1, -0.05) is 23.7 Å². The molecule has 30 heavy (non-hydrogen) atoms. The Balaban J connectivity index is 1.33. The van der Waals surface area contributed by atoms with Gasteiger partial charge in [-0.3, -0.25) is 9.48 Å². The van der Waals surface area contributed by atoms with Crippen LogP contribution in [0.3, 0.4) is 0 Å². The molecule has 3 aromatic rings. The van der Waals surface area contributed by atoms with Gasteiger partial charge in [-0.2, -0.15) is 5.10 Å². The molecule has 1 unspecified atom stereocenters. The number of aromatic nitrogens is 2. The summed E-state index contributed by atoms with van der Waals surface area (Å²) in [6.45, 7) is 2.25. The van der Waals surface area contributed by atoms with E-state index >= 15 is 0 Å². The van der Waals surface area contributed by atoms with Crippen LogP contribution >= 0.6 is 11.6 Å². The van der Waals surface area contributed by atoms with Crippen LogP contribution < -0.4 is 10.2 Å². The molecule has 1 aliphatic heterocycles. The van der Waals surface area contributed by atoms with Gasteiger partial charge < -0.3 is 15.1 Å². The van der Waals surface area contributed by atoms with Crippen molar-refractivity contribution in [3.8, 4) is 11.3 Å². The summed E-state index contributed by atoms with van der Waals surface area (Å²) in [5, 5.41) is 8.12. The van der Waals surface area contributed by atoms with Crippen LogP contribution in [0, 0.1) is 0 Å². The quantitative estimate of drug-likeness (QED) is 0.651. The van der Waals surface area contributed by atoms with Crippen LogP contribution in [0.5, 0.6) is 0 Å². The molecule has 6 nitrogen and oxygen atoms in total. The van der Waals surface area contributed by atoms with Crippen molar-refractivity contribution in [3.05, 3.63) is 65.8 Å². The van der Waals surface area contributed by atoms with Crippen molar-refractivity contribution in [3.63, 3.8) is 0 Å². The van der Waals surface area contributed by atoms with Crippen LogP contribution in [-0.2, 0) is 11.3 Å². The van der Waals surface area contributed by atoms with E-state index in [4.69, 9.17) is 11.6 Å². The van der Waals surface area contributed by atoms with Crippen LogP contribution in [0.25, 0.3) is 11.3 Å². The maximum atomic E-state index is 12.4. The number of likely N-dealkylation sites (N-methyl/N-ethyl adjacent to an activating group) is 1. The lowest BCUT2D eigenvalue weighted by atomic mass is 10.2. The summed E-state index contributed by atoms with van der Waals surface area (Å²) in [5.74, 6) is -0.109. The molecule has 0 bridgehead atoms. The minimum absolute atomic E-state index is 0.109. The summed E-state index contributed by atoms with van der Waals surface area (Å²) in [5.41, 5.74) is 3.76. The van der Waals surface area contributed by atoms with Gasteiger partial charge in [0, 0.05) is 47.3 Å². The third-order valence-corrected chi connectivity index (χ3v) is 5.75. The lowest BCUT2D eigenvalue weighted by Crippen LogP contribution is -2.31. The summed E-state index contributed by atoms with van der Waals surface area (Å²) < 4.78 is 1.64. The largest absolute Gasteiger partial charge is 0.370 e. The van der Waals surface area contributed by atoms with E-state index in [1.54, 1.807) is 10.9 Å². The maximum absolute atomic E-state index is 12.4. The Morgan fingerprint density at radius 1 is 1.13 bits per heavy atom. The zero-order valence-electron chi connectivity index (χ0n) is 17.3. The fraction of sp³-hybridized carbons (Fsp3) is 0.304. The van der Waals surface area contributed by atoms with E-state index in [-0.39, 0.29) is 12.5 Å². The highest BCUT2D eigenvalue weighted by Gasteiger charge is 2.23. The number of benzene rings is 2. The molecule has 2 aromatic carbocycles. The fourth-order valence-electron chi connectivity index (χ4n) is 3.73. The number of halogens is 1. The Hall–Kier alpha value is -2.83. The highest BCUT2D eigenvalue weighted by molar-refractivity contribution is 6.30. The van der Waals surface area contributed by atoms with Crippen molar-refractivity contribution in [2.75, 3.05) is 37.4 Å². The maximum Gasteiger partial charge on any atom is 0.246 e. The third-order valence-electron chi connectivity index (χ3n) is 5.50. The average Bonchev–Trinajstić information content (AvgIpc) is 3.39. The summed E-state index contributed by atoms with van der Waals surface area (Å²) >= 11 is 5.93. The number of hydrogen-bond donors (Lipinski definition) is 1. The Labute approximate surface area is 182 Å². The number of nitrogens with one attached hydrogen (secondary N) is 1. The first kappa shape index (κ1) is 20.4. The minimum Gasteiger partial charge on any atom is -0.370 e. The lowest BCUT2D eigenvalue weighted by molar-refractivity contribution is -0.116. The lowest BCUT2D eigenvalue weighted by Gasteiger charge is -2.22. The molecule has 4 rings (SSSR count). The summed E-state index contributed by atoms with van der Waals surface area (Å²) in [6, 6.07) is 18.0. The zero-order valence-corrected chi connectivity index (χ0v) is 18.0. The molecule has 1 saturated heterocycles. The van der Waals surface area contributed by atoms with Gasteiger partial charge in [-0.15, -0.1) is 0 Å². The van der Waals surface area contributed by atoms with Crippen LogP contribution in [0.1, 0.15) is 6.42 Å². The normalized spacial score (nSPS) is 16.3. The molecule has 1 aromatic heterocycles. The van der Waals surface area contributed by atoms with E-state index in [9.17, 15) is 4.79 Å². The third kappa shape index (κ3) is 4.83. The molecule has 0 saturated carbocycles. The second-order valence-electron chi connectivity index (χ2n) is 7.85. The van der Waals surface area contributed by atoms with E-state index in [2.05, 4.69) is 46.4 Å². The summed E-state index contributed by atoms with van der Waals surface area (Å²) in [4.78, 5) is 17.1. The summed E-state index contributed by atoms with van der Waals surface area (Å²) in [7, 11) is 4.26. The van der Waals surface area contributed by atoms with Gasteiger partial charge in [0.25, 0.3) is 0 Å².